The molecule has 0 fully saturated rings. The molecule has 0 spiro atoms. The van der Waals surface area contributed by atoms with Gasteiger partial charge in [-0.05, 0) is 36.8 Å². The molecule has 112 valence electrons. The van der Waals surface area contributed by atoms with Gasteiger partial charge in [0.2, 0.25) is 5.89 Å². The summed E-state index contributed by atoms with van der Waals surface area (Å²) in [5, 5.41) is 0.493. The second-order valence-electron chi connectivity index (χ2n) is 4.77. The van der Waals surface area contributed by atoms with Crippen molar-refractivity contribution < 1.29 is 13.9 Å². The number of halogens is 1. The van der Waals surface area contributed by atoms with Crippen LogP contribution in [-0.4, -0.2) is 17.6 Å². The van der Waals surface area contributed by atoms with Gasteiger partial charge < -0.3 is 9.15 Å². The van der Waals surface area contributed by atoms with Gasteiger partial charge in [0.05, 0.1) is 13.0 Å². The molecule has 0 aliphatic rings. The molecule has 3 rings (SSSR count). The molecule has 0 saturated heterocycles. The maximum absolute atomic E-state index is 11.5. The van der Waals surface area contributed by atoms with Gasteiger partial charge in [-0.3, -0.25) is 4.79 Å². The SMILES string of the molecule is CCOC(=O)Cc1ccc(-c2nc3ccccc3o2)cc1Cl. The molecule has 5 heteroatoms. The molecule has 0 amide bonds. The molecule has 0 N–H and O–H groups in total. The second-order valence-corrected chi connectivity index (χ2v) is 5.18. The number of para-hydroxylation sites is 2. The molecule has 0 atom stereocenters. The summed E-state index contributed by atoms with van der Waals surface area (Å²) in [7, 11) is 0. The van der Waals surface area contributed by atoms with Gasteiger partial charge in [-0.2, -0.15) is 0 Å². The number of aromatic nitrogens is 1. The van der Waals surface area contributed by atoms with Crippen molar-refractivity contribution >= 4 is 28.7 Å². The Morgan fingerprint density at radius 2 is 2.09 bits per heavy atom. The van der Waals surface area contributed by atoms with Crippen LogP contribution >= 0.6 is 11.6 Å². The van der Waals surface area contributed by atoms with Crippen LogP contribution in [0.3, 0.4) is 0 Å². The largest absolute Gasteiger partial charge is 0.466 e. The minimum Gasteiger partial charge on any atom is -0.466 e. The smallest absolute Gasteiger partial charge is 0.310 e. The Bertz CT molecular complexity index is 793. The van der Waals surface area contributed by atoms with Gasteiger partial charge in [0, 0.05) is 10.6 Å². The first-order valence-corrected chi connectivity index (χ1v) is 7.35. The van der Waals surface area contributed by atoms with Crippen molar-refractivity contribution in [2.75, 3.05) is 6.61 Å². The molecule has 1 aromatic heterocycles. The summed E-state index contributed by atoms with van der Waals surface area (Å²) in [4.78, 5) is 16.0. The lowest BCUT2D eigenvalue weighted by Crippen LogP contribution is -2.07. The highest BCUT2D eigenvalue weighted by molar-refractivity contribution is 6.31. The van der Waals surface area contributed by atoms with E-state index >= 15 is 0 Å². The number of carbonyl (C=O) groups is 1. The van der Waals surface area contributed by atoms with Gasteiger partial charge in [-0.1, -0.05) is 29.8 Å². The third-order valence-electron chi connectivity index (χ3n) is 3.23. The van der Waals surface area contributed by atoms with Crippen molar-refractivity contribution in [1.29, 1.82) is 0 Å². The Morgan fingerprint density at radius 3 is 2.82 bits per heavy atom. The van der Waals surface area contributed by atoms with Gasteiger partial charge in [-0.15, -0.1) is 0 Å². The zero-order valence-corrected chi connectivity index (χ0v) is 12.8. The van der Waals surface area contributed by atoms with Gasteiger partial charge in [0.25, 0.3) is 0 Å². The number of carbonyl (C=O) groups excluding carboxylic acids is 1. The van der Waals surface area contributed by atoms with E-state index in [9.17, 15) is 4.79 Å². The Hall–Kier alpha value is -2.33. The molecular weight excluding hydrogens is 302 g/mol. The molecular formula is C17H14ClNO3. The van der Waals surface area contributed by atoms with E-state index in [1.165, 1.54) is 0 Å². The number of ether oxygens (including phenoxy) is 1. The predicted molar refractivity (Wildman–Crippen MR) is 84.8 cm³/mol. The van der Waals surface area contributed by atoms with Crippen molar-refractivity contribution in [3.63, 3.8) is 0 Å². The Kier molecular flexibility index (Phi) is 4.11. The molecule has 0 aliphatic heterocycles. The fourth-order valence-electron chi connectivity index (χ4n) is 2.19. The molecule has 0 unspecified atom stereocenters. The minimum absolute atomic E-state index is 0.153. The number of oxazole rings is 1. The highest BCUT2D eigenvalue weighted by Gasteiger charge is 2.12. The van der Waals surface area contributed by atoms with Gasteiger partial charge in [-0.25, -0.2) is 4.98 Å². The molecule has 22 heavy (non-hydrogen) atoms. The van der Waals surface area contributed by atoms with Crippen molar-refractivity contribution in [3.8, 4) is 11.5 Å². The van der Waals surface area contributed by atoms with E-state index in [1.807, 2.05) is 30.3 Å². The number of benzene rings is 2. The lowest BCUT2D eigenvalue weighted by molar-refractivity contribution is -0.142. The van der Waals surface area contributed by atoms with Crippen LogP contribution in [0.2, 0.25) is 5.02 Å². The van der Waals surface area contributed by atoms with E-state index in [1.54, 1.807) is 19.1 Å². The first kappa shape index (κ1) is 14.6. The summed E-state index contributed by atoms with van der Waals surface area (Å²) >= 11 is 6.25. The number of hydrogen-bond donors (Lipinski definition) is 0. The van der Waals surface area contributed by atoms with Crippen LogP contribution in [0.25, 0.3) is 22.6 Å². The molecule has 2 aromatic carbocycles. The summed E-state index contributed by atoms with van der Waals surface area (Å²) in [5.41, 5.74) is 3.02. The van der Waals surface area contributed by atoms with Crippen LogP contribution in [-0.2, 0) is 16.0 Å². The van der Waals surface area contributed by atoms with E-state index in [-0.39, 0.29) is 12.4 Å². The third-order valence-corrected chi connectivity index (χ3v) is 3.59. The van der Waals surface area contributed by atoms with E-state index in [2.05, 4.69) is 4.98 Å². The summed E-state index contributed by atoms with van der Waals surface area (Å²) < 4.78 is 10.6. The van der Waals surface area contributed by atoms with Crippen LogP contribution in [0.4, 0.5) is 0 Å². The van der Waals surface area contributed by atoms with Gasteiger partial charge in [0.1, 0.15) is 5.52 Å². The number of nitrogens with zero attached hydrogens (tertiary/aromatic N) is 1. The normalized spacial score (nSPS) is 10.8. The van der Waals surface area contributed by atoms with Crippen LogP contribution < -0.4 is 0 Å². The summed E-state index contributed by atoms with van der Waals surface area (Å²) in [5.74, 6) is 0.213. The van der Waals surface area contributed by atoms with Crippen LogP contribution in [0.5, 0.6) is 0 Å². The number of hydrogen-bond acceptors (Lipinski definition) is 4. The maximum atomic E-state index is 11.5. The van der Waals surface area contributed by atoms with Crippen LogP contribution in [0.1, 0.15) is 12.5 Å². The summed E-state index contributed by atoms with van der Waals surface area (Å²) in [6.07, 6.45) is 0.153. The topological polar surface area (TPSA) is 52.3 Å². The fraction of sp³-hybridized carbons (Fsp3) is 0.176. The fourth-order valence-corrected chi connectivity index (χ4v) is 2.43. The molecule has 0 bridgehead atoms. The quantitative estimate of drug-likeness (QED) is 0.675. The van der Waals surface area contributed by atoms with Crippen molar-refractivity contribution in [3.05, 3.63) is 53.1 Å². The molecule has 0 aliphatic carbocycles. The summed E-state index contributed by atoms with van der Waals surface area (Å²) in [6.45, 7) is 2.13. The molecule has 0 saturated carbocycles. The third kappa shape index (κ3) is 2.97. The second kappa shape index (κ2) is 6.20. The minimum atomic E-state index is -0.293. The maximum Gasteiger partial charge on any atom is 0.310 e. The highest BCUT2D eigenvalue weighted by Crippen LogP contribution is 2.28. The summed E-state index contributed by atoms with van der Waals surface area (Å²) in [6, 6.07) is 12.9. The predicted octanol–water partition coefficient (Wildman–Crippen LogP) is 4.25. The zero-order valence-electron chi connectivity index (χ0n) is 12.0. The zero-order chi connectivity index (χ0) is 15.5. The van der Waals surface area contributed by atoms with E-state index < -0.39 is 0 Å². The number of esters is 1. The Labute approximate surface area is 132 Å². The van der Waals surface area contributed by atoms with E-state index in [0.29, 0.717) is 17.5 Å². The van der Waals surface area contributed by atoms with E-state index in [4.69, 9.17) is 20.8 Å². The van der Waals surface area contributed by atoms with Crippen LogP contribution in [0, 0.1) is 0 Å². The first-order chi connectivity index (χ1) is 10.7. The van der Waals surface area contributed by atoms with Gasteiger partial charge >= 0.3 is 5.97 Å². The molecule has 0 radical (unpaired) electrons. The number of fused-ring (bicyclic) bond motifs is 1. The van der Waals surface area contributed by atoms with Crippen molar-refractivity contribution in [2.45, 2.75) is 13.3 Å². The standard InChI is InChI=1S/C17H14ClNO3/c1-2-21-16(20)10-11-7-8-12(9-13(11)18)17-19-14-5-3-4-6-15(14)22-17/h3-9H,2,10H2,1H3. The Morgan fingerprint density at radius 1 is 1.27 bits per heavy atom. The molecule has 4 nitrogen and oxygen atoms in total. The average Bonchev–Trinajstić information content (AvgIpc) is 2.93. The number of rotatable bonds is 4. The highest BCUT2D eigenvalue weighted by atomic mass is 35.5. The first-order valence-electron chi connectivity index (χ1n) is 6.97. The monoisotopic (exact) mass is 315 g/mol. The molecule has 3 aromatic rings. The molecule has 1 heterocycles. The van der Waals surface area contributed by atoms with Crippen molar-refractivity contribution in [1.82, 2.24) is 4.98 Å². The average molecular weight is 316 g/mol. The van der Waals surface area contributed by atoms with Crippen LogP contribution in [0.15, 0.2) is 46.9 Å². The lowest BCUT2D eigenvalue weighted by Gasteiger charge is -2.05. The van der Waals surface area contributed by atoms with Crippen molar-refractivity contribution in [2.24, 2.45) is 0 Å². The van der Waals surface area contributed by atoms with Gasteiger partial charge in [0.15, 0.2) is 5.58 Å². The lowest BCUT2D eigenvalue weighted by atomic mass is 10.1. The Balaban J connectivity index is 1.89. The van der Waals surface area contributed by atoms with E-state index in [0.717, 1.165) is 22.2 Å².